The molecule has 0 spiro atoms. The van der Waals surface area contributed by atoms with E-state index in [0.717, 1.165) is 6.54 Å². The summed E-state index contributed by atoms with van der Waals surface area (Å²) in [6.07, 6.45) is 1.55. The highest BCUT2D eigenvalue weighted by Gasteiger charge is 2.01. The molecule has 0 radical (unpaired) electrons. The molecule has 0 aromatic carbocycles. The number of hydrogen-bond acceptors (Lipinski definition) is 3. The number of aromatic amines is 1. The van der Waals surface area contributed by atoms with Gasteiger partial charge >= 0.3 is 0 Å². The Kier molecular flexibility index (Phi) is 4.65. The minimum atomic E-state index is -0.136. The largest absolute Gasteiger partial charge is 0.487 e. The Morgan fingerprint density at radius 2 is 2.27 bits per heavy atom. The smallest absolute Gasteiger partial charge is 0.223 e. The third kappa shape index (κ3) is 3.93. The summed E-state index contributed by atoms with van der Waals surface area (Å²) in [7, 11) is 3.90. The predicted molar refractivity (Wildman–Crippen MR) is 60.7 cm³/mol. The second kappa shape index (κ2) is 5.78. The van der Waals surface area contributed by atoms with Crippen molar-refractivity contribution in [1.29, 1.82) is 0 Å². The molecule has 1 aromatic rings. The van der Waals surface area contributed by atoms with E-state index in [1.807, 2.05) is 19.0 Å². The maximum Gasteiger partial charge on any atom is 0.223 e. The van der Waals surface area contributed by atoms with Crippen molar-refractivity contribution < 1.29 is 4.74 Å². The molecule has 1 N–H and O–H groups in total. The lowest BCUT2D eigenvalue weighted by Crippen LogP contribution is -2.21. The Morgan fingerprint density at radius 1 is 1.53 bits per heavy atom. The molecule has 0 aliphatic rings. The first-order valence-electron chi connectivity index (χ1n) is 4.68. The molecule has 1 heterocycles. The fourth-order valence-corrected chi connectivity index (χ4v) is 1.18. The maximum atomic E-state index is 11.5. The summed E-state index contributed by atoms with van der Waals surface area (Å²) in [5.74, 6) is 0.637. The van der Waals surface area contributed by atoms with E-state index in [0.29, 0.717) is 23.9 Å². The molecular formula is C10H15ClN2O2. The lowest BCUT2D eigenvalue weighted by Gasteiger charge is -2.10. The molecule has 84 valence electrons. The van der Waals surface area contributed by atoms with Crippen LogP contribution in [0.1, 0.15) is 5.69 Å². The number of nitrogens with zero attached hydrogens (tertiary/aromatic N) is 1. The Bertz CT molecular complexity index is 363. The highest BCUT2D eigenvalue weighted by molar-refractivity contribution is 6.16. The van der Waals surface area contributed by atoms with Crippen molar-refractivity contribution >= 4 is 11.6 Å². The van der Waals surface area contributed by atoms with Gasteiger partial charge in [0.05, 0.1) is 5.88 Å². The number of hydrogen-bond donors (Lipinski definition) is 1. The average Bonchev–Trinajstić information content (AvgIpc) is 2.20. The van der Waals surface area contributed by atoms with Crippen LogP contribution in [-0.4, -0.2) is 37.1 Å². The van der Waals surface area contributed by atoms with Crippen molar-refractivity contribution in [2.75, 3.05) is 27.2 Å². The van der Waals surface area contributed by atoms with Crippen LogP contribution in [0.25, 0.3) is 0 Å². The molecule has 0 aliphatic heterocycles. The number of ether oxygens (including phenoxy) is 1. The monoisotopic (exact) mass is 230 g/mol. The zero-order chi connectivity index (χ0) is 11.3. The molecule has 0 aliphatic carbocycles. The van der Waals surface area contributed by atoms with Crippen LogP contribution >= 0.6 is 11.6 Å². The van der Waals surface area contributed by atoms with Crippen molar-refractivity contribution in [3.63, 3.8) is 0 Å². The molecule has 0 unspecified atom stereocenters. The zero-order valence-electron chi connectivity index (χ0n) is 8.92. The van der Waals surface area contributed by atoms with Crippen LogP contribution in [0, 0.1) is 0 Å². The van der Waals surface area contributed by atoms with Gasteiger partial charge in [-0.1, -0.05) is 0 Å². The number of nitrogens with one attached hydrogen (secondary N) is 1. The van der Waals surface area contributed by atoms with Crippen LogP contribution < -0.4 is 10.2 Å². The van der Waals surface area contributed by atoms with Gasteiger partial charge in [-0.15, -0.1) is 11.6 Å². The molecule has 0 amide bonds. The summed E-state index contributed by atoms with van der Waals surface area (Å²) in [5.41, 5.74) is 0.560. The zero-order valence-corrected chi connectivity index (χ0v) is 9.67. The van der Waals surface area contributed by atoms with Crippen LogP contribution in [-0.2, 0) is 5.88 Å². The van der Waals surface area contributed by atoms with Crippen LogP contribution in [0.15, 0.2) is 17.1 Å². The SMILES string of the molecule is CN(C)CCOc1c[nH]c(CCl)cc1=O. The van der Waals surface area contributed by atoms with Gasteiger partial charge in [-0.25, -0.2) is 0 Å². The van der Waals surface area contributed by atoms with Crippen molar-refractivity contribution in [1.82, 2.24) is 9.88 Å². The minimum absolute atomic E-state index is 0.136. The number of H-pyrrole nitrogens is 1. The molecule has 0 fully saturated rings. The van der Waals surface area contributed by atoms with Gasteiger partial charge in [0, 0.05) is 24.5 Å². The lowest BCUT2D eigenvalue weighted by molar-refractivity contribution is 0.259. The normalized spacial score (nSPS) is 10.7. The van der Waals surface area contributed by atoms with Gasteiger partial charge in [-0.3, -0.25) is 4.79 Å². The standard InChI is InChI=1S/C10H15ClN2O2/c1-13(2)3-4-15-10-7-12-8(6-11)5-9(10)14/h5,7H,3-4,6H2,1-2H3,(H,12,14). The summed E-state index contributed by atoms with van der Waals surface area (Å²) in [5, 5.41) is 0. The summed E-state index contributed by atoms with van der Waals surface area (Å²) in [4.78, 5) is 16.3. The Labute approximate surface area is 93.8 Å². The van der Waals surface area contributed by atoms with Crippen LogP contribution in [0.4, 0.5) is 0 Å². The van der Waals surface area contributed by atoms with Gasteiger partial charge in [-0.05, 0) is 14.1 Å². The molecule has 0 bridgehead atoms. The average molecular weight is 231 g/mol. The van der Waals surface area contributed by atoms with E-state index in [4.69, 9.17) is 16.3 Å². The van der Waals surface area contributed by atoms with E-state index in [1.165, 1.54) is 6.07 Å². The van der Waals surface area contributed by atoms with Crippen molar-refractivity contribution in [2.24, 2.45) is 0 Å². The summed E-state index contributed by atoms with van der Waals surface area (Å²) in [6, 6.07) is 1.46. The predicted octanol–water partition coefficient (Wildman–Crippen LogP) is 1.05. The molecule has 4 nitrogen and oxygen atoms in total. The van der Waals surface area contributed by atoms with E-state index < -0.39 is 0 Å². The lowest BCUT2D eigenvalue weighted by atomic mass is 10.3. The first-order chi connectivity index (χ1) is 7.13. The molecule has 1 rings (SSSR count). The summed E-state index contributed by atoms with van der Waals surface area (Å²) in [6.45, 7) is 1.27. The third-order valence-electron chi connectivity index (χ3n) is 1.88. The Balaban J connectivity index is 2.58. The van der Waals surface area contributed by atoms with Gasteiger partial charge in [0.25, 0.3) is 0 Å². The van der Waals surface area contributed by atoms with Gasteiger partial charge in [-0.2, -0.15) is 0 Å². The van der Waals surface area contributed by atoms with Gasteiger partial charge < -0.3 is 14.6 Å². The fourth-order valence-electron chi connectivity index (χ4n) is 1.03. The molecule has 0 saturated carbocycles. The second-order valence-corrected chi connectivity index (χ2v) is 3.74. The van der Waals surface area contributed by atoms with Crippen LogP contribution in [0.2, 0.25) is 0 Å². The van der Waals surface area contributed by atoms with E-state index in [2.05, 4.69) is 4.98 Å². The van der Waals surface area contributed by atoms with E-state index in [-0.39, 0.29) is 5.43 Å². The highest BCUT2D eigenvalue weighted by atomic mass is 35.5. The molecular weight excluding hydrogens is 216 g/mol. The maximum absolute atomic E-state index is 11.5. The molecule has 5 heteroatoms. The van der Waals surface area contributed by atoms with Gasteiger partial charge in [0.2, 0.25) is 5.43 Å². The molecule has 15 heavy (non-hydrogen) atoms. The third-order valence-corrected chi connectivity index (χ3v) is 2.16. The number of halogens is 1. The van der Waals surface area contributed by atoms with Crippen LogP contribution in [0.5, 0.6) is 5.75 Å². The van der Waals surface area contributed by atoms with Crippen LogP contribution in [0.3, 0.4) is 0 Å². The summed E-state index contributed by atoms with van der Waals surface area (Å²) < 4.78 is 5.32. The number of alkyl halides is 1. The highest BCUT2D eigenvalue weighted by Crippen LogP contribution is 2.03. The first kappa shape index (κ1) is 12.1. The molecule has 0 saturated heterocycles. The van der Waals surface area contributed by atoms with Gasteiger partial charge in [0.15, 0.2) is 5.75 Å². The quantitative estimate of drug-likeness (QED) is 0.770. The molecule has 0 atom stereocenters. The topological polar surface area (TPSA) is 45.3 Å². The van der Waals surface area contributed by atoms with E-state index in [9.17, 15) is 4.79 Å². The number of likely N-dealkylation sites (N-methyl/N-ethyl adjacent to an activating group) is 1. The first-order valence-corrected chi connectivity index (χ1v) is 5.22. The Hall–Kier alpha value is -1.00. The second-order valence-electron chi connectivity index (χ2n) is 3.47. The fraction of sp³-hybridized carbons (Fsp3) is 0.500. The van der Waals surface area contributed by atoms with Crippen molar-refractivity contribution in [3.05, 3.63) is 28.2 Å². The summed E-state index contributed by atoms with van der Waals surface area (Å²) >= 11 is 5.58. The number of pyridine rings is 1. The van der Waals surface area contributed by atoms with E-state index in [1.54, 1.807) is 6.20 Å². The van der Waals surface area contributed by atoms with Crippen molar-refractivity contribution in [2.45, 2.75) is 5.88 Å². The van der Waals surface area contributed by atoms with Gasteiger partial charge in [0.1, 0.15) is 6.61 Å². The Morgan fingerprint density at radius 3 is 2.80 bits per heavy atom. The minimum Gasteiger partial charge on any atom is -0.487 e. The number of aromatic nitrogens is 1. The molecule has 1 aromatic heterocycles. The van der Waals surface area contributed by atoms with Crippen molar-refractivity contribution in [3.8, 4) is 5.75 Å². The number of rotatable bonds is 5. The van der Waals surface area contributed by atoms with E-state index >= 15 is 0 Å².